The topological polar surface area (TPSA) is 38.0 Å². The van der Waals surface area contributed by atoms with Crippen molar-refractivity contribution in [3.63, 3.8) is 0 Å². The van der Waals surface area contributed by atoms with E-state index in [2.05, 4.69) is 4.98 Å². The first-order chi connectivity index (χ1) is 7.18. The molecule has 1 N–H and O–H groups in total. The second-order valence-corrected chi connectivity index (χ2v) is 3.79. The summed E-state index contributed by atoms with van der Waals surface area (Å²) in [7, 11) is 0. The van der Waals surface area contributed by atoms with Crippen molar-refractivity contribution in [2.75, 3.05) is 0 Å². The van der Waals surface area contributed by atoms with Crippen LogP contribution in [0.15, 0.2) is 36.9 Å². The fraction of sp³-hybridized carbons (Fsp3) is 0.182. The van der Waals surface area contributed by atoms with E-state index in [9.17, 15) is 5.11 Å². The average Bonchev–Trinajstić information content (AvgIpc) is 2.70. The van der Waals surface area contributed by atoms with Crippen molar-refractivity contribution in [3.05, 3.63) is 47.5 Å². The molecule has 0 saturated carbocycles. The predicted molar refractivity (Wildman–Crippen MR) is 59.2 cm³/mol. The summed E-state index contributed by atoms with van der Waals surface area (Å²) in [5.74, 6) is 0. The Labute approximate surface area is 93.0 Å². The summed E-state index contributed by atoms with van der Waals surface area (Å²) >= 11 is 5.89. The largest absolute Gasteiger partial charge is 0.389 e. The Balaban J connectivity index is 2.56. The Morgan fingerprint density at radius 2 is 2.27 bits per heavy atom. The van der Waals surface area contributed by atoms with E-state index in [0.29, 0.717) is 5.02 Å². The highest BCUT2D eigenvalue weighted by Gasteiger charge is 2.09. The van der Waals surface area contributed by atoms with Gasteiger partial charge in [0.1, 0.15) is 0 Å². The summed E-state index contributed by atoms with van der Waals surface area (Å²) in [6.07, 6.45) is 4.66. The smallest absolute Gasteiger partial charge is 0.0991 e. The molecule has 1 aromatic carbocycles. The third-order valence-corrected chi connectivity index (χ3v) is 2.46. The molecule has 0 aliphatic heterocycles. The quantitative estimate of drug-likeness (QED) is 0.848. The van der Waals surface area contributed by atoms with Crippen LogP contribution in [-0.2, 0) is 0 Å². The molecule has 0 amide bonds. The molecule has 2 aromatic rings. The third-order valence-electron chi connectivity index (χ3n) is 2.22. The standard InChI is InChI=1S/C11H11ClN2O/c1-8(15)10-6-9(12)2-3-11(10)14-5-4-13-7-14/h2-8,15H,1H3. The Bertz CT molecular complexity index is 452. The van der Waals surface area contributed by atoms with Crippen LogP contribution in [0.1, 0.15) is 18.6 Å². The van der Waals surface area contributed by atoms with Crippen molar-refractivity contribution in [2.24, 2.45) is 0 Å². The number of aliphatic hydroxyl groups is 1. The van der Waals surface area contributed by atoms with E-state index >= 15 is 0 Å². The maximum atomic E-state index is 9.64. The number of rotatable bonds is 2. The Kier molecular flexibility index (Phi) is 2.75. The summed E-state index contributed by atoms with van der Waals surface area (Å²) in [6.45, 7) is 1.71. The minimum Gasteiger partial charge on any atom is -0.389 e. The zero-order valence-electron chi connectivity index (χ0n) is 8.26. The lowest BCUT2D eigenvalue weighted by molar-refractivity contribution is 0.199. The number of hydrogen-bond acceptors (Lipinski definition) is 2. The van der Waals surface area contributed by atoms with Crippen LogP contribution in [0.2, 0.25) is 5.02 Å². The maximum absolute atomic E-state index is 9.64. The molecule has 2 rings (SSSR count). The first kappa shape index (κ1) is 10.2. The highest BCUT2D eigenvalue weighted by Crippen LogP contribution is 2.24. The molecule has 3 nitrogen and oxygen atoms in total. The number of hydrogen-bond donors (Lipinski definition) is 1. The van der Waals surface area contributed by atoms with Crippen molar-refractivity contribution in [3.8, 4) is 5.69 Å². The van der Waals surface area contributed by atoms with Crippen molar-refractivity contribution in [1.82, 2.24) is 9.55 Å². The lowest BCUT2D eigenvalue weighted by Gasteiger charge is -2.12. The number of benzene rings is 1. The van der Waals surface area contributed by atoms with Crippen LogP contribution in [0.5, 0.6) is 0 Å². The molecule has 15 heavy (non-hydrogen) atoms. The van der Waals surface area contributed by atoms with Gasteiger partial charge in [0.2, 0.25) is 0 Å². The highest BCUT2D eigenvalue weighted by atomic mass is 35.5. The third kappa shape index (κ3) is 2.03. The lowest BCUT2D eigenvalue weighted by atomic mass is 10.1. The zero-order valence-corrected chi connectivity index (χ0v) is 9.02. The molecule has 0 spiro atoms. The van der Waals surface area contributed by atoms with Gasteiger partial charge >= 0.3 is 0 Å². The van der Waals surface area contributed by atoms with Crippen LogP contribution in [0, 0.1) is 0 Å². The lowest BCUT2D eigenvalue weighted by Crippen LogP contribution is -2.00. The van der Waals surface area contributed by atoms with Crippen LogP contribution in [0.4, 0.5) is 0 Å². The number of imidazole rings is 1. The normalized spacial score (nSPS) is 12.7. The second kappa shape index (κ2) is 4.04. The summed E-state index contributed by atoms with van der Waals surface area (Å²) < 4.78 is 1.85. The van der Waals surface area contributed by atoms with Gasteiger partial charge in [-0.15, -0.1) is 0 Å². The van der Waals surface area contributed by atoms with Crippen molar-refractivity contribution in [1.29, 1.82) is 0 Å². The summed E-state index contributed by atoms with van der Waals surface area (Å²) in [5.41, 5.74) is 1.69. The maximum Gasteiger partial charge on any atom is 0.0991 e. The monoisotopic (exact) mass is 222 g/mol. The molecule has 1 heterocycles. The number of aliphatic hydroxyl groups excluding tert-OH is 1. The Morgan fingerprint density at radius 1 is 1.47 bits per heavy atom. The number of nitrogens with zero attached hydrogens (tertiary/aromatic N) is 2. The van der Waals surface area contributed by atoms with E-state index in [1.807, 2.05) is 16.8 Å². The molecule has 1 unspecified atom stereocenters. The van der Waals surface area contributed by atoms with Gasteiger partial charge in [-0.05, 0) is 25.1 Å². The Morgan fingerprint density at radius 3 is 2.87 bits per heavy atom. The van der Waals surface area contributed by atoms with Crippen molar-refractivity contribution < 1.29 is 5.11 Å². The Hall–Kier alpha value is -1.32. The first-order valence-electron chi connectivity index (χ1n) is 4.64. The van der Waals surface area contributed by atoms with Gasteiger partial charge in [0.05, 0.1) is 18.1 Å². The predicted octanol–water partition coefficient (Wildman–Crippen LogP) is 2.58. The molecular weight excluding hydrogens is 212 g/mol. The molecular formula is C11H11ClN2O. The summed E-state index contributed by atoms with van der Waals surface area (Å²) in [6, 6.07) is 5.43. The van der Waals surface area contributed by atoms with Crippen LogP contribution < -0.4 is 0 Å². The fourth-order valence-corrected chi connectivity index (χ4v) is 1.68. The van der Waals surface area contributed by atoms with Gasteiger partial charge in [-0.25, -0.2) is 4.98 Å². The molecule has 0 saturated heterocycles. The molecule has 0 aliphatic rings. The minimum atomic E-state index is -0.555. The SMILES string of the molecule is CC(O)c1cc(Cl)ccc1-n1ccnc1. The molecule has 0 aliphatic carbocycles. The summed E-state index contributed by atoms with van der Waals surface area (Å²) in [5, 5.41) is 10.3. The molecule has 78 valence electrons. The fourth-order valence-electron chi connectivity index (χ4n) is 1.50. The highest BCUT2D eigenvalue weighted by molar-refractivity contribution is 6.30. The molecule has 1 aromatic heterocycles. The van der Waals surface area contributed by atoms with Gasteiger partial charge in [0.25, 0.3) is 0 Å². The minimum absolute atomic E-state index is 0.555. The second-order valence-electron chi connectivity index (χ2n) is 3.35. The number of halogens is 1. The van der Waals surface area contributed by atoms with E-state index in [-0.39, 0.29) is 0 Å². The molecule has 0 radical (unpaired) electrons. The van der Waals surface area contributed by atoms with Gasteiger partial charge in [0.15, 0.2) is 0 Å². The van der Waals surface area contributed by atoms with E-state index in [0.717, 1.165) is 11.3 Å². The van der Waals surface area contributed by atoms with Gasteiger partial charge < -0.3 is 9.67 Å². The molecule has 0 fully saturated rings. The van der Waals surface area contributed by atoms with Gasteiger partial charge in [-0.1, -0.05) is 11.6 Å². The van der Waals surface area contributed by atoms with E-state index in [1.54, 1.807) is 31.6 Å². The van der Waals surface area contributed by atoms with E-state index in [1.165, 1.54) is 0 Å². The van der Waals surface area contributed by atoms with Gasteiger partial charge in [-0.3, -0.25) is 0 Å². The summed E-state index contributed by atoms with van der Waals surface area (Å²) in [4.78, 5) is 3.97. The van der Waals surface area contributed by atoms with Crippen molar-refractivity contribution in [2.45, 2.75) is 13.0 Å². The number of aromatic nitrogens is 2. The van der Waals surface area contributed by atoms with Crippen LogP contribution in [-0.4, -0.2) is 14.7 Å². The molecule has 4 heteroatoms. The van der Waals surface area contributed by atoms with E-state index < -0.39 is 6.10 Å². The first-order valence-corrected chi connectivity index (χ1v) is 5.02. The molecule has 0 bridgehead atoms. The van der Waals surface area contributed by atoms with Crippen LogP contribution in [0.3, 0.4) is 0 Å². The average molecular weight is 223 g/mol. The van der Waals surface area contributed by atoms with Gasteiger partial charge in [0, 0.05) is 23.0 Å². The van der Waals surface area contributed by atoms with Crippen LogP contribution >= 0.6 is 11.6 Å². The van der Waals surface area contributed by atoms with Gasteiger partial charge in [-0.2, -0.15) is 0 Å². The molecule has 1 atom stereocenters. The van der Waals surface area contributed by atoms with Crippen molar-refractivity contribution >= 4 is 11.6 Å². The zero-order chi connectivity index (χ0) is 10.8. The van der Waals surface area contributed by atoms with E-state index in [4.69, 9.17) is 11.6 Å². The van der Waals surface area contributed by atoms with Crippen LogP contribution in [0.25, 0.3) is 5.69 Å².